The van der Waals surface area contributed by atoms with Crippen LogP contribution in [-0.2, 0) is 31.0 Å². The SMILES string of the molecule is NS(=O)(=O)c1ccc(NC(=O)Cn2c3c(sc2=O)[C@@H](c2ccc(F)cc2)C2C(=O)NC(=O)C2S3)cc1. The number of benzene rings is 2. The molecule has 10 nitrogen and oxygen atoms in total. The third kappa shape index (κ3) is 4.36. The van der Waals surface area contributed by atoms with E-state index in [1.54, 1.807) is 0 Å². The molecule has 1 saturated heterocycles. The zero-order valence-corrected chi connectivity index (χ0v) is 20.6. The quantitative estimate of drug-likeness (QED) is 0.405. The van der Waals surface area contributed by atoms with Crippen LogP contribution in [0.2, 0.25) is 0 Å². The summed E-state index contributed by atoms with van der Waals surface area (Å²) in [7, 11) is -3.89. The standard InChI is InChI=1S/C22H17FN4O6S3/c23-11-3-1-10(2-4-11)15-16-17(20(30)26-19(16)29)34-21-18(15)35-22(31)27(21)9-14(28)25-12-5-7-13(8-6-12)36(24,32)33/h1-8,15-17H,9H2,(H,25,28)(H2,24,32,33)(H,26,29,30)/t15-,16?,17?/m0/s1. The van der Waals surface area contributed by atoms with Crippen LogP contribution >= 0.6 is 23.1 Å². The molecule has 2 aromatic carbocycles. The maximum atomic E-state index is 13.6. The second kappa shape index (κ2) is 8.96. The number of thiazole rings is 1. The summed E-state index contributed by atoms with van der Waals surface area (Å²) in [5, 5.41) is 9.58. The summed E-state index contributed by atoms with van der Waals surface area (Å²) in [6.07, 6.45) is 0. The summed E-state index contributed by atoms with van der Waals surface area (Å²) >= 11 is 1.92. The Labute approximate surface area is 211 Å². The number of rotatable bonds is 5. The molecule has 2 aliphatic rings. The van der Waals surface area contributed by atoms with Crippen LogP contribution in [0, 0.1) is 11.7 Å². The van der Waals surface area contributed by atoms with Gasteiger partial charge in [0.05, 0.1) is 15.8 Å². The van der Waals surface area contributed by atoms with Crippen LogP contribution in [0.25, 0.3) is 0 Å². The number of nitrogens with two attached hydrogens (primary N) is 1. The van der Waals surface area contributed by atoms with Crippen molar-refractivity contribution in [3.8, 4) is 0 Å². The fourth-order valence-electron chi connectivity index (χ4n) is 4.28. The van der Waals surface area contributed by atoms with Crippen LogP contribution in [0.3, 0.4) is 0 Å². The number of hydrogen-bond donors (Lipinski definition) is 3. The number of nitrogens with zero attached hydrogens (tertiary/aromatic N) is 1. The third-order valence-electron chi connectivity index (χ3n) is 5.88. The number of anilines is 1. The van der Waals surface area contributed by atoms with E-state index in [-0.39, 0.29) is 11.4 Å². The van der Waals surface area contributed by atoms with Crippen LogP contribution in [0.4, 0.5) is 10.1 Å². The Morgan fingerprint density at radius 1 is 1.06 bits per heavy atom. The average Bonchev–Trinajstić information content (AvgIpc) is 3.28. The molecule has 4 N–H and O–H groups in total. The van der Waals surface area contributed by atoms with Gasteiger partial charge in [0.2, 0.25) is 27.7 Å². The van der Waals surface area contributed by atoms with E-state index < -0.39 is 55.5 Å². The Hall–Kier alpha value is -3.33. The van der Waals surface area contributed by atoms with Gasteiger partial charge in [-0.2, -0.15) is 0 Å². The van der Waals surface area contributed by atoms with Gasteiger partial charge in [0, 0.05) is 16.5 Å². The molecule has 3 atom stereocenters. The van der Waals surface area contributed by atoms with E-state index in [1.807, 2.05) is 0 Å². The molecule has 3 heterocycles. The molecule has 0 saturated carbocycles. The molecule has 36 heavy (non-hydrogen) atoms. The van der Waals surface area contributed by atoms with E-state index in [0.717, 1.165) is 23.1 Å². The van der Waals surface area contributed by atoms with Crippen LogP contribution < -0.4 is 20.6 Å². The second-order valence-corrected chi connectivity index (χ2v) is 11.9. The van der Waals surface area contributed by atoms with Gasteiger partial charge in [0.1, 0.15) is 17.6 Å². The first-order valence-electron chi connectivity index (χ1n) is 10.5. The lowest BCUT2D eigenvalue weighted by Gasteiger charge is -2.30. The largest absolute Gasteiger partial charge is 0.325 e. The molecule has 5 rings (SSSR count). The minimum absolute atomic E-state index is 0.120. The molecule has 3 aromatic rings. The Kier molecular flexibility index (Phi) is 6.06. The second-order valence-electron chi connectivity index (χ2n) is 8.19. The molecular weight excluding hydrogens is 531 g/mol. The van der Waals surface area contributed by atoms with Gasteiger partial charge < -0.3 is 5.32 Å². The van der Waals surface area contributed by atoms with Gasteiger partial charge in [0.15, 0.2) is 0 Å². The highest BCUT2D eigenvalue weighted by molar-refractivity contribution is 8.00. The first-order valence-corrected chi connectivity index (χ1v) is 13.7. The normalized spacial score (nSPS) is 21.0. The van der Waals surface area contributed by atoms with Crippen molar-refractivity contribution in [1.82, 2.24) is 9.88 Å². The molecule has 2 aliphatic heterocycles. The third-order valence-corrected chi connectivity index (χ3v) is 9.43. The predicted octanol–water partition coefficient (Wildman–Crippen LogP) is 1.21. The number of imide groups is 1. The first kappa shape index (κ1) is 24.4. The first-order chi connectivity index (χ1) is 17.0. The summed E-state index contributed by atoms with van der Waals surface area (Å²) in [5.74, 6) is -3.42. The number of carbonyl (C=O) groups is 3. The molecule has 186 valence electrons. The number of thioether (sulfide) groups is 1. The number of sulfonamides is 1. The lowest BCUT2D eigenvalue weighted by atomic mass is 9.83. The average molecular weight is 549 g/mol. The number of amides is 3. The van der Waals surface area contributed by atoms with E-state index in [9.17, 15) is 32.0 Å². The summed E-state index contributed by atoms with van der Waals surface area (Å²) in [4.78, 5) is 50.8. The fraction of sp³-hybridized carbons (Fsp3) is 0.182. The van der Waals surface area contributed by atoms with Crippen molar-refractivity contribution in [1.29, 1.82) is 0 Å². The molecule has 0 spiro atoms. The van der Waals surface area contributed by atoms with Gasteiger partial charge in [-0.15, -0.1) is 0 Å². The number of hydrogen-bond acceptors (Lipinski definition) is 8. The minimum Gasteiger partial charge on any atom is -0.325 e. The lowest BCUT2D eigenvalue weighted by molar-refractivity contribution is -0.126. The van der Waals surface area contributed by atoms with Crippen molar-refractivity contribution in [2.24, 2.45) is 11.1 Å². The molecule has 1 aromatic heterocycles. The summed E-state index contributed by atoms with van der Waals surface area (Å²) in [6, 6.07) is 10.7. The molecule has 3 amide bonds. The van der Waals surface area contributed by atoms with Gasteiger partial charge in [-0.3, -0.25) is 29.1 Å². The number of nitrogens with one attached hydrogen (secondary N) is 2. The van der Waals surface area contributed by atoms with E-state index in [2.05, 4.69) is 10.6 Å². The Balaban J connectivity index is 1.47. The highest BCUT2D eigenvalue weighted by Crippen LogP contribution is 2.51. The van der Waals surface area contributed by atoms with Gasteiger partial charge in [-0.25, -0.2) is 17.9 Å². The maximum Gasteiger partial charge on any atom is 0.308 e. The number of carbonyl (C=O) groups excluding carboxylic acids is 3. The number of primary sulfonamides is 1. The number of aromatic nitrogens is 1. The molecule has 0 bridgehead atoms. The van der Waals surface area contributed by atoms with Gasteiger partial charge >= 0.3 is 4.87 Å². The lowest BCUT2D eigenvalue weighted by Crippen LogP contribution is -2.32. The summed E-state index contributed by atoms with van der Waals surface area (Å²) in [6.45, 7) is -0.377. The zero-order chi connectivity index (χ0) is 25.8. The monoisotopic (exact) mass is 548 g/mol. The number of halogens is 1. The van der Waals surface area contributed by atoms with Gasteiger partial charge in [-0.05, 0) is 42.0 Å². The van der Waals surface area contributed by atoms with Crippen molar-refractivity contribution in [2.75, 3.05) is 5.32 Å². The van der Waals surface area contributed by atoms with Gasteiger partial charge in [0.25, 0.3) is 0 Å². The van der Waals surface area contributed by atoms with Crippen molar-refractivity contribution in [3.63, 3.8) is 0 Å². The van der Waals surface area contributed by atoms with E-state index in [1.165, 1.54) is 53.1 Å². The van der Waals surface area contributed by atoms with Crippen LogP contribution in [0.1, 0.15) is 16.4 Å². The van der Waals surface area contributed by atoms with E-state index >= 15 is 0 Å². The summed E-state index contributed by atoms with van der Waals surface area (Å²) in [5.41, 5.74) is 0.868. The van der Waals surface area contributed by atoms with Crippen LogP contribution in [0.15, 0.2) is 63.2 Å². The van der Waals surface area contributed by atoms with Crippen LogP contribution in [0.5, 0.6) is 0 Å². The fourth-order valence-corrected chi connectivity index (χ4v) is 7.53. The summed E-state index contributed by atoms with van der Waals surface area (Å²) < 4.78 is 37.6. The van der Waals surface area contributed by atoms with E-state index in [4.69, 9.17) is 5.14 Å². The predicted molar refractivity (Wildman–Crippen MR) is 130 cm³/mol. The zero-order valence-electron chi connectivity index (χ0n) is 18.1. The van der Waals surface area contributed by atoms with Gasteiger partial charge in [-0.1, -0.05) is 35.2 Å². The highest BCUT2D eigenvalue weighted by Gasteiger charge is 2.52. The van der Waals surface area contributed by atoms with Crippen molar-refractivity contribution < 1.29 is 27.2 Å². The molecular formula is C22H17FN4O6S3. The maximum absolute atomic E-state index is 13.6. The molecule has 1 fully saturated rings. The minimum atomic E-state index is -3.89. The smallest absolute Gasteiger partial charge is 0.308 e. The Bertz CT molecular complexity index is 1560. The van der Waals surface area contributed by atoms with Crippen molar-refractivity contribution in [2.45, 2.75) is 27.6 Å². The highest BCUT2D eigenvalue weighted by atomic mass is 32.2. The topological polar surface area (TPSA) is 157 Å². The number of fused-ring (bicyclic) bond motifs is 2. The Morgan fingerprint density at radius 2 is 1.72 bits per heavy atom. The Morgan fingerprint density at radius 3 is 2.36 bits per heavy atom. The molecule has 2 unspecified atom stereocenters. The van der Waals surface area contributed by atoms with Crippen LogP contribution in [-0.4, -0.2) is 36.0 Å². The molecule has 14 heteroatoms. The van der Waals surface area contributed by atoms with Crippen molar-refractivity contribution >= 4 is 56.5 Å². The van der Waals surface area contributed by atoms with E-state index in [0.29, 0.717) is 21.2 Å². The van der Waals surface area contributed by atoms with Crippen molar-refractivity contribution in [3.05, 3.63) is 74.5 Å². The molecule has 0 radical (unpaired) electrons. The molecule has 0 aliphatic carbocycles.